The first-order valence-corrected chi connectivity index (χ1v) is 6.63. The second kappa shape index (κ2) is 5.14. The van der Waals surface area contributed by atoms with Gasteiger partial charge in [-0.25, -0.2) is 4.79 Å². The number of aliphatic hydroxyl groups excluding tert-OH is 1. The van der Waals surface area contributed by atoms with Gasteiger partial charge in [-0.15, -0.1) is 0 Å². The van der Waals surface area contributed by atoms with E-state index in [1.165, 1.54) is 11.1 Å². The number of aromatic nitrogens is 1. The largest absolute Gasteiger partial charge is 0.480 e. The number of aliphatic carboxylic acids is 1. The van der Waals surface area contributed by atoms with Gasteiger partial charge in [0.2, 0.25) is 0 Å². The lowest BCUT2D eigenvalue weighted by atomic mass is 10.1. The first kappa shape index (κ1) is 13.5. The molecule has 1 amide bonds. The van der Waals surface area contributed by atoms with Crippen LogP contribution in [0.3, 0.4) is 0 Å². The summed E-state index contributed by atoms with van der Waals surface area (Å²) in [6.07, 6.45) is 0.783. The van der Waals surface area contributed by atoms with Gasteiger partial charge in [-0.05, 0) is 12.1 Å². The van der Waals surface area contributed by atoms with Crippen LogP contribution in [0.25, 0.3) is 10.9 Å². The number of hydrogen-bond acceptors (Lipinski definition) is 4. The van der Waals surface area contributed by atoms with Crippen molar-refractivity contribution in [2.45, 2.75) is 18.6 Å². The highest BCUT2D eigenvalue weighted by atomic mass is 16.4. The highest BCUT2D eigenvalue weighted by Crippen LogP contribution is 2.24. The number of likely N-dealkylation sites (tertiary alicyclic amines) is 1. The van der Waals surface area contributed by atoms with Gasteiger partial charge in [-0.3, -0.25) is 9.78 Å². The predicted octanol–water partition coefficient (Wildman–Crippen LogP) is 0.895. The van der Waals surface area contributed by atoms with Crippen LogP contribution in [0, 0.1) is 0 Å². The number of para-hydroxylation sites is 1. The van der Waals surface area contributed by atoms with Crippen LogP contribution in [0.15, 0.2) is 36.5 Å². The van der Waals surface area contributed by atoms with Crippen molar-refractivity contribution >= 4 is 22.8 Å². The van der Waals surface area contributed by atoms with Gasteiger partial charge < -0.3 is 15.1 Å². The summed E-state index contributed by atoms with van der Waals surface area (Å²) in [5, 5.41) is 19.5. The van der Waals surface area contributed by atoms with E-state index < -0.39 is 24.0 Å². The number of β-amino-alcohol motifs (C(OH)–C–C–N with tert-alkyl or cyclic N) is 1. The Morgan fingerprint density at radius 1 is 1.24 bits per heavy atom. The number of rotatable bonds is 2. The van der Waals surface area contributed by atoms with Crippen LogP contribution >= 0.6 is 0 Å². The van der Waals surface area contributed by atoms with E-state index in [4.69, 9.17) is 0 Å². The molecular weight excluding hydrogens is 272 g/mol. The van der Waals surface area contributed by atoms with Gasteiger partial charge in [0.25, 0.3) is 5.91 Å². The summed E-state index contributed by atoms with van der Waals surface area (Å²) >= 11 is 0. The summed E-state index contributed by atoms with van der Waals surface area (Å²) in [4.78, 5) is 29.3. The Kier molecular flexibility index (Phi) is 3.31. The van der Waals surface area contributed by atoms with Crippen molar-refractivity contribution in [2.75, 3.05) is 6.54 Å². The zero-order valence-electron chi connectivity index (χ0n) is 11.1. The van der Waals surface area contributed by atoms with Crippen LogP contribution in [-0.2, 0) is 4.79 Å². The SMILES string of the molecule is O=C(O)[C@@H]1CC(O)CN1C(=O)c1ccnc2ccccc12. The molecule has 0 saturated carbocycles. The number of carbonyl (C=O) groups excluding carboxylic acids is 1. The van der Waals surface area contributed by atoms with Gasteiger partial charge in [0.1, 0.15) is 6.04 Å². The highest BCUT2D eigenvalue weighted by Gasteiger charge is 2.39. The van der Waals surface area contributed by atoms with Crippen molar-refractivity contribution in [2.24, 2.45) is 0 Å². The lowest BCUT2D eigenvalue weighted by Crippen LogP contribution is -2.40. The fourth-order valence-electron chi connectivity index (χ4n) is 2.71. The van der Waals surface area contributed by atoms with Gasteiger partial charge in [-0.2, -0.15) is 0 Å². The first-order chi connectivity index (χ1) is 10.1. The van der Waals surface area contributed by atoms with Gasteiger partial charge >= 0.3 is 5.97 Å². The molecule has 0 bridgehead atoms. The molecule has 1 aromatic heterocycles. The Morgan fingerprint density at radius 2 is 2.00 bits per heavy atom. The van der Waals surface area contributed by atoms with Gasteiger partial charge in [0.15, 0.2) is 0 Å². The highest BCUT2D eigenvalue weighted by molar-refractivity contribution is 6.07. The van der Waals surface area contributed by atoms with E-state index in [0.29, 0.717) is 16.5 Å². The van der Waals surface area contributed by atoms with E-state index in [-0.39, 0.29) is 13.0 Å². The Hall–Kier alpha value is -2.47. The van der Waals surface area contributed by atoms with E-state index in [2.05, 4.69) is 4.98 Å². The van der Waals surface area contributed by atoms with E-state index >= 15 is 0 Å². The summed E-state index contributed by atoms with van der Waals surface area (Å²) in [7, 11) is 0. The standard InChI is InChI=1S/C15H14N2O4/c18-9-7-13(15(20)21)17(8-9)14(19)11-5-6-16-12-4-2-1-3-10(11)12/h1-6,9,13,18H,7-8H2,(H,20,21)/t9?,13-/m0/s1. The zero-order valence-corrected chi connectivity index (χ0v) is 11.1. The van der Waals surface area contributed by atoms with Crippen LogP contribution < -0.4 is 0 Å². The third-order valence-electron chi connectivity index (χ3n) is 3.70. The molecule has 1 aromatic carbocycles. The van der Waals surface area contributed by atoms with E-state index in [9.17, 15) is 19.8 Å². The second-order valence-electron chi connectivity index (χ2n) is 5.08. The summed E-state index contributed by atoms with van der Waals surface area (Å²) < 4.78 is 0. The lowest BCUT2D eigenvalue weighted by Gasteiger charge is -2.21. The van der Waals surface area contributed by atoms with Crippen molar-refractivity contribution in [3.05, 3.63) is 42.1 Å². The van der Waals surface area contributed by atoms with Gasteiger partial charge in [0, 0.05) is 24.5 Å². The number of carboxylic acid groups (broad SMARTS) is 1. The molecule has 1 fully saturated rings. The zero-order chi connectivity index (χ0) is 15.0. The minimum absolute atomic E-state index is 0.0342. The molecule has 1 unspecified atom stereocenters. The monoisotopic (exact) mass is 286 g/mol. The Morgan fingerprint density at radius 3 is 2.76 bits per heavy atom. The molecule has 0 spiro atoms. The maximum atomic E-state index is 12.6. The lowest BCUT2D eigenvalue weighted by molar-refractivity contribution is -0.141. The van der Waals surface area contributed by atoms with Crippen LogP contribution in [-0.4, -0.2) is 50.7 Å². The minimum atomic E-state index is -1.10. The number of amides is 1. The Balaban J connectivity index is 2.02. The Labute approximate surface area is 120 Å². The molecule has 21 heavy (non-hydrogen) atoms. The molecule has 1 aliphatic rings. The molecule has 3 rings (SSSR count). The number of carbonyl (C=O) groups is 2. The number of hydrogen-bond donors (Lipinski definition) is 2. The van der Waals surface area contributed by atoms with Crippen molar-refractivity contribution in [3.63, 3.8) is 0 Å². The average Bonchev–Trinajstić information content (AvgIpc) is 2.88. The summed E-state index contributed by atoms with van der Waals surface area (Å²) in [5.41, 5.74) is 1.08. The van der Waals surface area contributed by atoms with Crippen molar-refractivity contribution < 1.29 is 19.8 Å². The molecule has 108 valence electrons. The van der Waals surface area contributed by atoms with Crippen LogP contribution in [0.1, 0.15) is 16.8 Å². The summed E-state index contributed by atoms with van der Waals surface area (Å²) in [6.45, 7) is 0.0342. The van der Waals surface area contributed by atoms with E-state index in [0.717, 1.165) is 0 Å². The quantitative estimate of drug-likeness (QED) is 0.855. The van der Waals surface area contributed by atoms with Crippen LogP contribution in [0.5, 0.6) is 0 Å². The molecule has 6 nitrogen and oxygen atoms in total. The van der Waals surface area contributed by atoms with Crippen LogP contribution in [0.4, 0.5) is 0 Å². The van der Waals surface area contributed by atoms with E-state index in [1.807, 2.05) is 6.07 Å². The average molecular weight is 286 g/mol. The topological polar surface area (TPSA) is 90.7 Å². The number of aliphatic hydroxyl groups is 1. The number of carboxylic acids is 1. The summed E-state index contributed by atoms with van der Waals surface area (Å²) in [6, 6.07) is 7.78. The Bertz CT molecular complexity index is 710. The van der Waals surface area contributed by atoms with Gasteiger partial charge in [0.05, 0.1) is 17.2 Å². The van der Waals surface area contributed by atoms with Crippen molar-refractivity contribution in [3.8, 4) is 0 Å². The fraction of sp³-hybridized carbons (Fsp3) is 0.267. The summed E-state index contributed by atoms with van der Waals surface area (Å²) in [5.74, 6) is -1.49. The number of fused-ring (bicyclic) bond motifs is 1. The molecule has 1 aliphatic heterocycles. The second-order valence-corrected chi connectivity index (χ2v) is 5.08. The normalized spacial score (nSPS) is 21.7. The van der Waals surface area contributed by atoms with Crippen LogP contribution in [0.2, 0.25) is 0 Å². The maximum absolute atomic E-state index is 12.6. The maximum Gasteiger partial charge on any atom is 0.326 e. The third-order valence-corrected chi connectivity index (χ3v) is 3.70. The third kappa shape index (κ3) is 2.34. The minimum Gasteiger partial charge on any atom is -0.480 e. The number of pyridine rings is 1. The smallest absolute Gasteiger partial charge is 0.326 e. The molecular formula is C15H14N2O4. The van der Waals surface area contributed by atoms with E-state index in [1.54, 1.807) is 24.3 Å². The predicted molar refractivity (Wildman–Crippen MR) is 74.8 cm³/mol. The molecule has 6 heteroatoms. The molecule has 0 radical (unpaired) electrons. The molecule has 2 heterocycles. The molecule has 1 saturated heterocycles. The molecule has 2 N–H and O–H groups in total. The van der Waals surface area contributed by atoms with Crippen molar-refractivity contribution in [1.29, 1.82) is 0 Å². The molecule has 2 aromatic rings. The fourth-order valence-corrected chi connectivity index (χ4v) is 2.71. The molecule has 0 aliphatic carbocycles. The van der Waals surface area contributed by atoms with Gasteiger partial charge in [-0.1, -0.05) is 18.2 Å². The first-order valence-electron chi connectivity index (χ1n) is 6.63. The molecule has 2 atom stereocenters. The number of benzene rings is 1. The van der Waals surface area contributed by atoms with Crippen molar-refractivity contribution in [1.82, 2.24) is 9.88 Å². The number of nitrogens with zero attached hydrogens (tertiary/aromatic N) is 2.